The summed E-state index contributed by atoms with van der Waals surface area (Å²) in [5.41, 5.74) is 7.58. The molecular weight excluding hydrogens is 482 g/mol. The fourth-order valence-electron chi connectivity index (χ4n) is 4.90. The molecule has 1 heterocycles. The minimum atomic E-state index is -3.65. The van der Waals surface area contributed by atoms with Gasteiger partial charge >= 0.3 is 0 Å². The highest BCUT2D eigenvalue weighted by molar-refractivity contribution is 7.89. The van der Waals surface area contributed by atoms with Gasteiger partial charge in [-0.3, -0.25) is 0 Å². The lowest BCUT2D eigenvalue weighted by Gasteiger charge is -2.19. The lowest BCUT2D eigenvalue weighted by atomic mass is 10.1. The molecule has 37 heavy (non-hydrogen) atoms. The first-order chi connectivity index (χ1) is 17.4. The van der Waals surface area contributed by atoms with Gasteiger partial charge in [-0.25, -0.2) is 17.8 Å². The Hall–Kier alpha value is -3.36. The summed E-state index contributed by atoms with van der Waals surface area (Å²) < 4.78 is 31.1. The minimum Gasteiger partial charge on any atom is -0.383 e. The van der Waals surface area contributed by atoms with Crippen LogP contribution in [0.15, 0.2) is 59.6 Å². The van der Waals surface area contributed by atoms with Crippen LogP contribution in [0.3, 0.4) is 0 Å². The number of hydrogen-bond donors (Lipinski definition) is 3. The fraction of sp³-hybridized carbons (Fsp3) is 0.345. The number of nitrogens with one attached hydrogen (secondary N) is 3. The fourth-order valence-corrected chi connectivity index (χ4v) is 6.60. The Morgan fingerprint density at radius 2 is 1.59 bits per heavy atom. The molecule has 3 aromatic carbocycles. The molecule has 4 rings (SSSR count). The molecule has 0 aliphatic heterocycles. The molecule has 1 atom stereocenters. The number of aryl methyl sites for hydroxylation is 4. The SMILES string of the molecule is Cc1cc(C)c(S(=O)(=O)N[C@@H](C)CNc2cc(C)cc3c2cnn3-c2cccc(NC(C)C)c2)c(C)c1. The summed E-state index contributed by atoms with van der Waals surface area (Å²) in [6.45, 7) is 14.2. The quantitative estimate of drug-likeness (QED) is 0.258. The third-order valence-electron chi connectivity index (χ3n) is 6.21. The van der Waals surface area contributed by atoms with Crippen LogP contribution in [-0.4, -0.2) is 36.8 Å². The maximum Gasteiger partial charge on any atom is 0.241 e. The Kier molecular flexibility index (Phi) is 7.62. The highest BCUT2D eigenvalue weighted by Gasteiger charge is 2.22. The lowest BCUT2D eigenvalue weighted by Crippen LogP contribution is -2.38. The van der Waals surface area contributed by atoms with Crippen LogP contribution >= 0.6 is 0 Å². The summed E-state index contributed by atoms with van der Waals surface area (Å²) in [6, 6.07) is 16.2. The number of anilines is 2. The van der Waals surface area contributed by atoms with Crippen molar-refractivity contribution in [1.29, 1.82) is 0 Å². The molecule has 3 N–H and O–H groups in total. The maximum atomic E-state index is 13.2. The van der Waals surface area contributed by atoms with E-state index in [1.54, 1.807) is 0 Å². The van der Waals surface area contributed by atoms with Crippen molar-refractivity contribution in [2.24, 2.45) is 0 Å². The maximum absolute atomic E-state index is 13.2. The third kappa shape index (κ3) is 5.97. The Balaban J connectivity index is 1.55. The summed E-state index contributed by atoms with van der Waals surface area (Å²) in [4.78, 5) is 0.360. The summed E-state index contributed by atoms with van der Waals surface area (Å²) >= 11 is 0. The largest absolute Gasteiger partial charge is 0.383 e. The molecule has 0 saturated carbocycles. The summed E-state index contributed by atoms with van der Waals surface area (Å²) in [5, 5.41) is 12.5. The molecule has 1 aromatic heterocycles. The third-order valence-corrected chi connectivity index (χ3v) is 8.10. The molecule has 0 bridgehead atoms. The molecule has 0 amide bonds. The summed E-state index contributed by atoms with van der Waals surface area (Å²) in [5.74, 6) is 0. The Morgan fingerprint density at radius 1 is 0.919 bits per heavy atom. The number of benzene rings is 3. The smallest absolute Gasteiger partial charge is 0.241 e. The van der Waals surface area contributed by atoms with E-state index in [2.05, 4.69) is 58.6 Å². The van der Waals surface area contributed by atoms with Crippen LogP contribution in [0.5, 0.6) is 0 Å². The normalized spacial score (nSPS) is 12.8. The van der Waals surface area contributed by atoms with Crippen LogP contribution in [0.25, 0.3) is 16.6 Å². The zero-order chi connectivity index (χ0) is 26.9. The molecule has 196 valence electrons. The van der Waals surface area contributed by atoms with Gasteiger partial charge in [0.25, 0.3) is 0 Å². The topological polar surface area (TPSA) is 88.1 Å². The highest BCUT2D eigenvalue weighted by Crippen LogP contribution is 2.28. The van der Waals surface area contributed by atoms with E-state index in [0.29, 0.717) is 17.5 Å². The van der Waals surface area contributed by atoms with Crippen LogP contribution in [-0.2, 0) is 10.0 Å². The number of fused-ring (bicyclic) bond motifs is 1. The van der Waals surface area contributed by atoms with Crippen molar-refractivity contribution in [3.8, 4) is 5.69 Å². The molecule has 4 aromatic rings. The van der Waals surface area contributed by atoms with Crippen LogP contribution < -0.4 is 15.4 Å². The first kappa shape index (κ1) is 26.7. The Labute approximate surface area is 220 Å². The van der Waals surface area contributed by atoms with Crippen LogP contribution in [0.2, 0.25) is 0 Å². The molecule has 7 nitrogen and oxygen atoms in total. The second kappa shape index (κ2) is 10.6. The van der Waals surface area contributed by atoms with E-state index < -0.39 is 10.0 Å². The predicted molar refractivity (Wildman–Crippen MR) is 153 cm³/mol. The van der Waals surface area contributed by atoms with Gasteiger partial charge in [0.05, 0.1) is 22.3 Å². The molecule has 0 spiro atoms. The zero-order valence-electron chi connectivity index (χ0n) is 22.7. The van der Waals surface area contributed by atoms with E-state index in [1.807, 2.05) is 69.8 Å². The minimum absolute atomic E-state index is 0.325. The van der Waals surface area contributed by atoms with E-state index >= 15 is 0 Å². The van der Waals surface area contributed by atoms with E-state index in [-0.39, 0.29) is 6.04 Å². The molecule has 0 aliphatic rings. The van der Waals surface area contributed by atoms with Crippen LogP contribution in [0, 0.1) is 27.7 Å². The number of rotatable bonds is 9. The number of aromatic nitrogens is 2. The van der Waals surface area contributed by atoms with Crippen molar-refractivity contribution in [1.82, 2.24) is 14.5 Å². The van der Waals surface area contributed by atoms with Gasteiger partial charge in [0, 0.05) is 35.4 Å². The summed E-state index contributed by atoms with van der Waals surface area (Å²) in [6.07, 6.45) is 1.85. The molecule has 0 fully saturated rings. The molecular formula is C29H37N5O2S. The van der Waals surface area contributed by atoms with Gasteiger partial charge in [-0.2, -0.15) is 5.10 Å². The van der Waals surface area contributed by atoms with Gasteiger partial charge in [0.2, 0.25) is 10.0 Å². The first-order valence-electron chi connectivity index (χ1n) is 12.6. The van der Waals surface area contributed by atoms with Gasteiger partial charge in [0.15, 0.2) is 0 Å². The van der Waals surface area contributed by atoms with Gasteiger partial charge < -0.3 is 10.6 Å². The first-order valence-corrected chi connectivity index (χ1v) is 14.1. The molecule has 0 unspecified atom stereocenters. The molecule has 0 saturated heterocycles. The summed E-state index contributed by atoms with van der Waals surface area (Å²) in [7, 11) is -3.65. The van der Waals surface area contributed by atoms with Gasteiger partial charge in [-0.05, 0) is 95.5 Å². The molecule has 0 radical (unpaired) electrons. The Bertz CT molecular complexity index is 1520. The Morgan fingerprint density at radius 3 is 2.27 bits per heavy atom. The standard InChI is InChI=1S/C29H37N5O2S/c1-18(2)32-24-9-8-10-25(15-24)34-28-14-20(4)13-27(26(28)17-31-34)30-16-23(7)33-37(35,36)29-21(5)11-19(3)12-22(29)6/h8-15,17-18,23,30,32-33H,16H2,1-7H3/t23-/m0/s1. The van der Waals surface area contributed by atoms with Gasteiger partial charge in [-0.15, -0.1) is 0 Å². The van der Waals surface area contributed by atoms with E-state index in [9.17, 15) is 8.42 Å². The van der Waals surface area contributed by atoms with Crippen molar-refractivity contribution < 1.29 is 8.42 Å². The highest BCUT2D eigenvalue weighted by atomic mass is 32.2. The van der Waals surface area contributed by atoms with Gasteiger partial charge in [0.1, 0.15) is 0 Å². The van der Waals surface area contributed by atoms with Crippen molar-refractivity contribution in [3.63, 3.8) is 0 Å². The van der Waals surface area contributed by atoms with Crippen molar-refractivity contribution in [3.05, 3.63) is 77.0 Å². The lowest BCUT2D eigenvalue weighted by molar-refractivity contribution is 0.564. The van der Waals surface area contributed by atoms with Crippen molar-refractivity contribution in [2.75, 3.05) is 17.2 Å². The number of sulfonamides is 1. The molecule has 0 aliphatic carbocycles. The monoisotopic (exact) mass is 519 g/mol. The average Bonchev–Trinajstić information content (AvgIpc) is 3.19. The van der Waals surface area contributed by atoms with Crippen molar-refractivity contribution >= 4 is 32.3 Å². The van der Waals surface area contributed by atoms with Crippen LogP contribution in [0.4, 0.5) is 11.4 Å². The van der Waals surface area contributed by atoms with Gasteiger partial charge in [-0.1, -0.05) is 23.8 Å². The average molecular weight is 520 g/mol. The molecule has 8 heteroatoms. The second-order valence-electron chi connectivity index (χ2n) is 10.3. The van der Waals surface area contributed by atoms with E-state index in [0.717, 1.165) is 50.2 Å². The second-order valence-corrected chi connectivity index (χ2v) is 11.9. The van der Waals surface area contributed by atoms with Crippen molar-refractivity contribution in [2.45, 2.75) is 65.4 Å². The number of nitrogens with zero attached hydrogens (tertiary/aromatic N) is 2. The van der Waals surface area contributed by atoms with E-state index in [1.165, 1.54) is 0 Å². The van der Waals surface area contributed by atoms with E-state index in [4.69, 9.17) is 0 Å². The zero-order valence-corrected chi connectivity index (χ0v) is 23.5. The van der Waals surface area contributed by atoms with Crippen LogP contribution in [0.1, 0.15) is 43.0 Å². The predicted octanol–water partition coefficient (Wildman–Crippen LogP) is 5.86. The number of hydrogen-bond acceptors (Lipinski definition) is 5.